The van der Waals surface area contributed by atoms with Crippen LogP contribution in [-0.4, -0.2) is 23.6 Å². The summed E-state index contributed by atoms with van der Waals surface area (Å²) in [5.41, 5.74) is 9.06. The van der Waals surface area contributed by atoms with Gasteiger partial charge >= 0.3 is 0 Å². The number of fused-ring (bicyclic) bond motifs is 10. The highest BCUT2D eigenvalue weighted by Crippen LogP contribution is 2.60. The van der Waals surface area contributed by atoms with Crippen molar-refractivity contribution in [1.29, 1.82) is 0 Å². The minimum atomic E-state index is -0.414. The van der Waals surface area contributed by atoms with Gasteiger partial charge in [0.25, 0.3) is 0 Å². The molecule has 0 N–H and O–H groups in total. The van der Waals surface area contributed by atoms with Crippen molar-refractivity contribution in [2.45, 2.75) is 39.0 Å². The Labute approximate surface area is 292 Å². The summed E-state index contributed by atoms with van der Waals surface area (Å²) in [6, 6.07) is 21.7. The molecule has 0 radical (unpaired) electrons. The second kappa shape index (κ2) is 11.5. The number of imide groups is 2. The van der Waals surface area contributed by atoms with E-state index in [9.17, 15) is 19.2 Å². The fourth-order valence-electron chi connectivity index (χ4n) is 10.4. The van der Waals surface area contributed by atoms with Gasteiger partial charge in [-0.1, -0.05) is 92.4 Å². The molecule has 6 nitrogen and oxygen atoms in total. The lowest BCUT2D eigenvalue weighted by molar-refractivity contribution is -0.124. The molecular weight excluding hydrogens is 620 g/mol. The molecule has 2 heterocycles. The zero-order valence-corrected chi connectivity index (χ0v) is 28.3. The number of hydrogen-bond acceptors (Lipinski definition) is 4. The van der Waals surface area contributed by atoms with Gasteiger partial charge in [0, 0.05) is 0 Å². The largest absolute Gasteiger partial charge is 0.274 e. The molecule has 4 fully saturated rings. The van der Waals surface area contributed by atoms with Crippen LogP contribution >= 0.6 is 0 Å². The van der Waals surface area contributed by atoms with Gasteiger partial charge in [0.2, 0.25) is 23.6 Å². The molecule has 6 aliphatic rings. The quantitative estimate of drug-likeness (QED) is 0.174. The monoisotopic (exact) mass is 660 g/mol. The molecule has 4 aliphatic carbocycles. The van der Waals surface area contributed by atoms with Crippen LogP contribution in [0.25, 0.3) is 17.7 Å². The summed E-state index contributed by atoms with van der Waals surface area (Å²) in [7, 11) is 0. The molecule has 8 atom stereocenters. The predicted molar refractivity (Wildman–Crippen MR) is 195 cm³/mol. The van der Waals surface area contributed by atoms with Crippen molar-refractivity contribution in [3.05, 3.63) is 125 Å². The summed E-state index contributed by atoms with van der Waals surface area (Å²) in [6.45, 7) is 9.91. The van der Waals surface area contributed by atoms with Crippen LogP contribution in [0.1, 0.15) is 54.0 Å². The molecule has 2 saturated heterocycles. The van der Waals surface area contributed by atoms with E-state index in [0.717, 1.165) is 48.8 Å². The van der Waals surface area contributed by atoms with Crippen LogP contribution in [0.5, 0.6) is 0 Å². The Bertz CT molecular complexity index is 2090. The zero-order chi connectivity index (χ0) is 34.4. The van der Waals surface area contributed by atoms with Crippen molar-refractivity contribution in [3.63, 3.8) is 0 Å². The average Bonchev–Trinajstić information content (AvgIpc) is 3.99. The third kappa shape index (κ3) is 4.40. The number of allylic oxidation sites excluding steroid dienone is 4. The minimum absolute atomic E-state index is 0.00603. The van der Waals surface area contributed by atoms with Crippen LogP contribution in [0, 0.1) is 47.3 Å². The third-order valence-corrected chi connectivity index (χ3v) is 12.7. The number of anilines is 2. The Morgan fingerprint density at radius 3 is 1.88 bits per heavy atom. The van der Waals surface area contributed by atoms with E-state index in [2.05, 4.69) is 74.7 Å². The van der Waals surface area contributed by atoms with Gasteiger partial charge in [-0.15, -0.1) is 0 Å². The fraction of sp³-hybridized carbons (Fsp3) is 0.318. The SMILES string of the molecule is C=Cc1ccc(CCC2=CC3CC2C2C(=O)N(c4cccc(N5C(=O)C6C7C=C(c8cc(C=C)ccc8CC)C(C7)C6C5=O)c4)C(=O)C32)cc1. The van der Waals surface area contributed by atoms with Crippen molar-refractivity contribution in [2.24, 2.45) is 47.3 Å². The first-order valence-electron chi connectivity index (χ1n) is 18.1. The highest BCUT2D eigenvalue weighted by atomic mass is 16.2. The van der Waals surface area contributed by atoms with Gasteiger partial charge in [-0.25, -0.2) is 9.80 Å². The second-order valence-corrected chi connectivity index (χ2v) is 14.9. The fourth-order valence-corrected chi connectivity index (χ4v) is 10.4. The van der Waals surface area contributed by atoms with Gasteiger partial charge in [-0.2, -0.15) is 0 Å². The van der Waals surface area contributed by atoms with Gasteiger partial charge in [-0.3, -0.25) is 19.2 Å². The van der Waals surface area contributed by atoms with E-state index in [1.807, 2.05) is 12.2 Å². The van der Waals surface area contributed by atoms with Gasteiger partial charge in [0.05, 0.1) is 35.0 Å². The molecule has 6 heteroatoms. The highest BCUT2D eigenvalue weighted by Gasteiger charge is 2.63. The zero-order valence-electron chi connectivity index (χ0n) is 28.3. The summed E-state index contributed by atoms with van der Waals surface area (Å²) in [4.78, 5) is 58.8. The lowest BCUT2D eigenvalue weighted by Gasteiger charge is -2.24. The number of carbonyl (C=O) groups is 4. The Kier molecular flexibility index (Phi) is 7.10. The van der Waals surface area contributed by atoms with Crippen LogP contribution in [0.2, 0.25) is 0 Å². The molecule has 0 spiro atoms. The van der Waals surface area contributed by atoms with Crippen molar-refractivity contribution in [1.82, 2.24) is 0 Å². The van der Waals surface area contributed by atoms with Gasteiger partial charge in [0.1, 0.15) is 0 Å². The predicted octanol–water partition coefficient (Wildman–Crippen LogP) is 7.69. The topological polar surface area (TPSA) is 74.8 Å². The number of rotatable bonds is 9. The number of aryl methyl sites for hydroxylation is 2. The van der Waals surface area contributed by atoms with Crippen molar-refractivity contribution >= 4 is 52.7 Å². The normalized spacial score (nSPS) is 30.3. The molecule has 0 aromatic heterocycles. The standard InChI is InChI=1S/C44H40N2O4/c1-4-24-10-12-26(13-11-24)15-17-28-19-29-20-34(28)39-37(29)41(47)45(43(39)49)31-8-7-9-32(23-31)46-42(48)38-30-21-35(36(22-30)40(38)44(46)50)33-18-25(5-2)14-16-27(33)6-3/h4-5,7-14,16,18-19,21,23,29-30,34,36-40H,1-2,6,15,17,20,22H2,3H3. The van der Waals surface area contributed by atoms with Crippen LogP contribution in [0.3, 0.4) is 0 Å². The number of hydrogen-bond donors (Lipinski definition) is 0. The highest BCUT2D eigenvalue weighted by molar-refractivity contribution is 6.25. The maximum absolute atomic E-state index is 14.2. The van der Waals surface area contributed by atoms with Crippen LogP contribution in [0.15, 0.2) is 97.6 Å². The molecule has 4 bridgehead atoms. The first kappa shape index (κ1) is 30.9. The molecule has 8 unspecified atom stereocenters. The Hall–Kier alpha value is -5.10. The summed E-state index contributed by atoms with van der Waals surface area (Å²) in [5, 5.41) is 0. The minimum Gasteiger partial charge on any atom is -0.274 e. The molecule has 3 aromatic rings. The molecular formula is C44H40N2O4. The number of nitrogens with zero attached hydrogens (tertiary/aromatic N) is 2. The van der Waals surface area contributed by atoms with E-state index >= 15 is 0 Å². The van der Waals surface area contributed by atoms with Crippen LogP contribution in [0.4, 0.5) is 11.4 Å². The lowest BCUT2D eigenvalue weighted by Crippen LogP contribution is -2.35. The van der Waals surface area contributed by atoms with E-state index in [1.165, 1.54) is 32.1 Å². The molecule has 9 rings (SSSR count). The number of benzene rings is 3. The summed E-state index contributed by atoms with van der Waals surface area (Å²) in [6.07, 6.45) is 12.4. The molecule has 4 amide bonds. The Morgan fingerprint density at radius 2 is 1.24 bits per heavy atom. The maximum Gasteiger partial charge on any atom is 0.238 e. The number of carbonyl (C=O) groups excluding carboxylic acids is 4. The van der Waals surface area contributed by atoms with Gasteiger partial charge in [-0.05, 0) is 113 Å². The molecule has 2 saturated carbocycles. The van der Waals surface area contributed by atoms with Gasteiger partial charge < -0.3 is 0 Å². The first-order chi connectivity index (χ1) is 24.3. The Balaban J connectivity index is 0.942. The summed E-state index contributed by atoms with van der Waals surface area (Å²) >= 11 is 0. The van der Waals surface area contributed by atoms with E-state index < -0.39 is 5.92 Å². The van der Waals surface area contributed by atoms with Crippen molar-refractivity contribution in [3.8, 4) is 0 Å². The van der Waals surface area contributed by atoms with E-state index in [-0.39, 0.29) is 65.1 Å². The molecule has 50 heavy (non-hydrogen) atoms. The molecule has 3 aromatic carbocycles. The van der Waals surface area contributed by atoms with Crippen LogP contribution < -0.4 is 9.80 Å². The first-order valence-corrected chi connectivity index (χ1v) is 18.1. The smallest absolute Gasteiger partial charge is 0.238 e. The van der Waals surface area contributed by atoms with E-state index in [0.29, 0.717) is 11.4 Å². The van der Waals surface area contributed by atoms with Crippen LogP contribution in [-0.2, 0) is 32.0 Å². The Morgan fingerprint density at radius 1 is 0.660 bits per heavy atom. The summed E-state index contributed by atoms with van der Waals surface area (Å²) in [5.74, 6) is -2.10. The van der Waals surface area contributed by atoms with E-state index in [4.69, 9.17) is 0 Å². The number of amides is 4. The average molecular weight is 661 g/mol. The second-order valence-electron chi connectivity index (χ2n) is 14.9. The molecule has 2 aliphatic heterocycles. The van der Waals surface area contributed by atoms with Crippen molar-refractivity contribution in [2.75, 3.05) is 9.80 Å². The molecule has 250 valence electrons. The summed E-state index contributed by atoms with van der Waals surface area (Å²) < 4.78 is 0. The van der Waals surface area contributed by atoms with Gasteiger partial charge in [0.15, 0.2) is 0 Å². The third-order valence-electron chi connectivity index (χ3n) is 12.7. The van der Waals surface area contributed by atoms with E-state index in [1.54, 1.807) is 24.3 Å². The lowest BCUT2D eigenvalue weighted by atomic mass is 9.77. The maximum atomic E-state index is 14.2. The van der Waals surface area contributed by atoms with Crippen molar-refractivity contribution < 1.29 is 19.2 Å².